The van der Waals surface area contributed by atoms with Crippen LogP contribution in [0.15, 0.2) is 36.4 Å². The van der Waals surface area contributed by atoms with Crippen LogP contribution < -0.4 is 5.73 Å². The van der Waals surface area contributed by atoms with Gasteiger partial charge in [0.25, 0.3) is 0 Å². The largest absolute Gasteiger partial charge is 0.399 e. The number of hydrogen-bond donors (Lipinski definition) is 1. The molecular formula is C16H13Cl2N3. The van der Waals surface area contributed by atoms with Crippen molar-refractivity contribution in [1.82, 2.24) is 9.55 Å². The van der Waals surface area contributed by atoms with E-state index >= 15 is 0 Å². The number of rotatable bonds is 2. The Kier molecular flexibility index (Phi) is 2.88. The number of fused-ring (bicyclic) bond motifs is 1. The number of anilines is 1. The molecule has 1 aliphatic rings. The number of nitrogens with two attached hydrogens (primary N) is 1. The molecule has 1 aliphatic carbocycles. The zero-order valence-corrected chi connectivity index (χ0v) is 12.7. The summed E-state index contributed by atoms with van der Waals surface area (Å²) < 4.78 is 2.21. The van der Waals surface area contributed by atoms with Gasteiger partial charge in [-0.15, -0.1) is 0 Å². The van der Waals surface area contributed by atoms with E-state index < -0.39 is 0 Å². The van der Waals surface area contributed by atoms with Gasteiger partial charge < -0.3 is 10.3 Å². The SMILES string of the molecule is Nc1ccc(Cl)c(-c2nc3cccc(Cl)c3n2C2CC2)c1. The molecule has 1 fully saturated rings. The molecule has 0 bridgehead atoms. The molecule has 0 saturated heterocycles. The van der Waals surface area contributed by atoms with E-state index in [1.807, 2.05) is 30.3 Å². The molecule has 5 heteroatoms. The Balaban J connectivity index is 2.07. The minimum absolute atomic E-state index is 0.447. The van der Waals surface area contributed by atoms with E-state index in [1.54, 1.807) is 6.07 Å². The van der Waals surface area contributed by atoms with Crippen LogP contribution in [0.25, 0.3) is 22.4 Å². The lowest BCUT2D eigenvalue weighted by atomic mass is 10.2. The van der Waals surface area contributed by atoms with Crippen LogP contribution in [0.4, 0.5) is 5.69 Å². The summed E-state index contributed by atoms with van der Waals surface area (Å²) in [7, 11) is 0. The fourth-order valence-electron chi connectivity index (χ4n) is 2.70. The predicted molar refractivity (Wildman–Crippen MR) is 87.9 cm³/mol. The average Bonchev–Trinajstić information content (AvgIpc) is 3.22. The van der Waals surface area contributed by atoms with E-state index in [9.17, 15) is 0 Å². The minimum Gasteiger partial charge on any atom is -0.399 e. The van der Waals surface area contributed by atoms with Gasteiger partial charge in [-0.2, -0.15) is 0 Å². The first-order valence-corrected chi connectivity index (χ1v) is 7.62. The molecule has 0 amide bonds. The summed E-state index contributed by atoms with van der Waals surface area (Å²) in [5.74, 6) is 0.845. The molecule has 0 aliphatic heterocycles. The highest BCUT2D eigenvalue weighted by Gasteiger charge is 2.30. The summed E-state index contributed by atoms with van der Waals surface area (Å²) in [6, 6.07) is 11.7. The van der Waals surface area contributed by atoms with Gasteiger partial charge in [0.05, 0.1) is 21.1 Å². The Bertz CT molecular complexity index is 850. The van der Waals surface area contributed by atoms with E-state index in [1.165, 1.54) is 0 Å². The quantitative estimate of drug-likeness (QED) is 0.681. The minimum atomic E-state index is 0.447. The molecule has 0 atom stereocenters. The Morgan fingerprint density at radius 3 is 2.67 bits per heavy atom. The predicted octanol–water partition coefficient (Wildman–Crippen LogP) is 4.93. The van der Waals surface area contributed by atoms with Crippen LogP contribution in [0.3, 0.4) is 0 Å². The molecule has 0 unspecified atom stereocenters. The van der Waals surface area contributed by atoms with Gasteiger partial charge in [-0.25, -0.2) is 4.98 Å². The summed E-state index contributed by atoms with van der Waals surface area (Å²) in [5, 5.41) is 1.37. The lowest BCUT2D eigenvalue weighted by Crippen LogP contribution is -1.99. The van der Waals surface area contributed by atoms with Crippen LogP contribution in [-0.4, -0.2) is 9.55 Å². The number of nitrogens with zero attached hydrogens (tertiary/aromatic N) is 2. The summed E-state index contributed by atoms with van der Waals surface area (Å²) in [6.07, 6.45) is 2.28. The maximum Gasteiger partial charge on any atom is 0.143 e. The Morgan fingerprint density at radius 1 is 1.10 bits per heavy atom. The molecule has 106 valence electrons. The van der Waals surface area contributed by atoms with E-state index in [0.717, 1.165) is 40.3 Å². The topological polar surface area (TPSA) is 43.8 Å². The second-order valence-corrected chi connectivity index (χ2v) is 6.20. The zero-order chi connectivity index (χ0) is 14.6. The third kappa shape index (κ3) is 2.08. The summed E-state index contributed by atoms with van der Waals surface area (Å²) in [6.45, 7) is 0. The highest BCUT2D eigenvalue weighted by Crippen LogP contribution is 2.44. The maximum absolute atomic E-state index is 6.39. The van der Waals surface area contributed by atoms with E-state index in [0.29, 0.717) is 16.8 Å². The van der Waals surface area contributed by atoms with Crippen molar-refractivity contribution in [2.75, 3.05) is 5.73 Å². The van der Waals surface area contributed by atoms with Crippen molar-refractivity contribution in [3.8, 4) is 11.4 Å². The normalized spacial score (nSPS) is 14.8. The van der Waals surface area contributed by atoms with Crippen molar-refractivity contribution in [2.24, 2.45) is 0 Å². The molecule has 1 aromatic heterocycles. The average molecular weight is 318 g/mol. The van der Waals surface area contributed by atoms with E-state index in [-0.39, 0.29) is 0 Å². The first-order chi connectivity index (χ1) is 10.1. The molecule has 4 rings (SSSR count). The Labute approximate surface area is 132 Å². The zero-order valence-electron chi connectivity index (χ0n) is 11.2. The van der Waals surface area contributed by atoms with Crippen LogP contribution in [0.1, 0.15) is 18.9 Å². The van der Waals surface area contributed by atoms with Crippen molar-refractivity contribution in [3.05, 3.63) is 46.4 Å². The van der Waals surface area contributed by atoms with Crippen molar-refractivity contribution < 1.29 is 0 Å². The first-order valence-electron chi connectivity index (χ1n) is 6.87. The van der Waals surface area contributed by atoms with Crippen LogP contribution >= 0.6 is 23.2 Å². The number of imidazole rings is 1. The second kappa shape index (κ2) is 4.65. The third-order valence-electron chi connectivity index (χ3n) is 3.80. The number of halogens is 2. The fraction of sp³-hybridized carbons (Fsp3) is 0.188. The molecule has 1 saturated carbocycles. The van der Waals surface area contributed by atoms with Crippen LogP contribution in [0.5, 0.6) is 0 Å². The number of hydrogen-bond acceptors (Lipinski definition) is 2. The molecule has 0 spiro atoms. The molecule has 21 heavy (non-hydrogen) atoms. The Hall–Kier alpha value is -1.71. The molecule has 3 aromatic rings. The highest BCUT2D eigenvalue weighted by atomic mass is 35.5. The van der Waals surface area contributed by atoms with Crippen molar-refractivity contribution in [2.45, 2.75) is 18.9 Å². The van der Waals surface area contributed by atoms with Gasteiger partial charge >= 0.3 is 0 Å². The summed E-state index contributed by atoms with van der Waals surface area (Å²) in [5.41, 5.74) is 9.32. The third-order valence-corrected chi connectivity index (χ3v) is 4.44. The maximum atomic E-state index is 6.39. The van der Waals surface area contributed by atoms with Gasteiger partial charge in [-0.05, 0) is 43.2 Å². The standard InChI is InChI=1S/C16H13Cl2N3/c17-12-7-4-9(19)8-11(12)16-20-14-3-1-2-13(18)15(14)21(16)10-5-6-10/h1-4,7-8,10H,5-6,19H2. The molecular weight excluding hydrogens is 305 g/mol. The van der Waals surface area contributed by atoms with Gasteiger partial charge in [0.2, 0.25) is 0 Å². The molecule has 2 N–H and O–H groups in total. The van der Waals surface area contributed by atoms with Crippen LogP contribution in [0.2, 0.25) is 10.0 Å². The van der Waals surface area contributed by atoms with Crippen LogP contribution in [-0.2, 0) is 0 Å². The van der Waals surface area contributed by atoms with E-state index in [2.05, 4.69) is 4.57 Å². The molecule has 2 aromatic carbocycles. The lowest BCUT2D eigenvalue weighted by Gasteiger charge is -2.10. The van der Waals surface area contributed by atoms with Crippen LogP contribution in [0, 0.1) is 0 Å². The smallest absolute Gasteiger partial charge is 0.143 e. The van der Waals surface area contributed by atoms with Crippen molar-refractivity contribution in [1.29, 1.82) is 0 Å². The second-order valence-electron chi connectivity index (χ2n) is 5.38. The number of benzene rings is 2. The molecule has 1 heterocycles. The van der Waals surface area contributed by atoms with Gasteiger partial charge in [-0.3, -0.25) is 0 Å². The molecule has 3 nitrogen and oxygen atoms in total. The van der Waals surface area contributed by atoms with Gasteiger partial charge in [0.15, 0.2) is 0 Å². The summed E-state index contributed by atoms with van der Waals surface area (Å²) in [4.78, 5) is 4.75. The summed E-state index contributed by atoms with van der Waals surface area (Å²) >= 11 is 12.7. The van der Waals surface area contributed by atoms with E-state index in [4.69, 9.17) is 33.9 Å². The Morgan fingerprint density at radius 2 is 1.90 bits per heavy atom. The number of para-hydroxylation sites is 1. The van der Waals surface area contributed by atoms with Gasteiger partial charge in [0.1, 0.15) is 5.82 Å². The van der Waals surface area contributed by atoms with Gasteiger partial charge in [0, 0.05) is 17.3 Å². The van der Waals surface area contributed by atoms with Gasteiger partial charge in [-0.1, -0.05) is 29.3 Å². The monoisotopic (exact) mass is 317 g/mol. The lowest BCUT2D eigenvalue weighted by molar-refractivity contribution is 0.775. The fourth-order valence-corrected chi connectivity index (χ4v) is 3.16. The first kappa shape index (κ1) is 13.0. The highest BCUT2D eigenvalue weighted by molar-refractivity contribution is 6.35. The van der Waals surface area contributed by atoms with Crippen molar-refractivity contribution >= 4 is 39.9 Å². The number of nitrogen functional groups attached to an aromatic ring is 1. The number of aromatic nitrogens is 2. The van der Waals surface area contributed by atoms with Crippen molar-refractivity contribution in [3.63, 3.8) is 0 Å². The molecule has 0 radical (unpaired) electrons.